The van der Waals surface area contributed by atoms with Crippen LogP contribution < -0.4 is 5.73 Å². The molecule has 0 aromatic carbocycles. The molecule has 74 valence electrons. The Morgan fingerprint density at radius 3 is 3.00 bits per heavy atom. The van der Waals surface area contributed by atoms with Gasteiger partial charge in [-0.05, 0) is 28.5 Å². The van der Waals surface area contributed by atoms with Crippen LogP contribution >= 0.6 is 15.9 Å². The fraction of sp³-hybridized carbons (Fsp3) is 0.222. The second-order valence-corrected chi connectivity index (χ2v) is 3.78. The maximum absolute atomic E-state index is 5.46. The van der Waals surface area contributed by atoms with Crippen molar-refractivity contribution in [1.82, 2.24) is 15.0 Å². The Balaban J connectivity index is 2.35. The van der Waals surface area contributed by atoms with Crippen molar-refractivity contribution in [1.29, 1.82) is 0 Å². The molecule has 2 aromatic heterocycles. The van der Waals surface area contributed by atoms with Gasteiger partial charge in [-0.1, -0.05) is 0 Å². The van der Waals surface area contributed by atoms with E-state index in [1.54, 1.807) is 0 Å². The van der Waals surface area contributed by atoms with E-state index in [-0.39, 0.29) is 0 Å². The summed E-state index contributed by atoms with van der Waals surface area (Å²) in [6.07, 6.45) is 4.55. The number of halogens is 1. The highest BCUT2D eigenvalue weighted by atomic mass is 79.9. The highest BCUT2D eigenvalue weighted by Gasteiger charge is 2.09. The van der Waals surface area contributed by atoms with E-state index in [9.17, 15) is 0 Å². The third-order valence-electron chi connectivity index (χ3n) is 1.96. The molecule has 5 heteroatoms. The number of rotatable bonds is 3. The van der Waals surface area contributed by atoms with Gasteiger partial charge in [0.2, 0.25) is 0 Å². The molecule has 14 heavy (non-hydrogen) atoms. The van der Waals surface area contributed by atoms with Crippen LogP contribution in [0.25, 0.3) is 11.3 Å². The summed E-state index contributed by atoms with van der Waals surface area (Å²) in [5.74, 6) is 0.913. The van der Waals surface area contributed by atoms with Gasteiger partial charge in [0, 0.05) is 24.4 Å². The number of hydrogen-bond donors (Lipinski definition) is 3. The monoisotopic (exact) mass is 254 g/mol. The van der Waals surface area contributed by atoms with Gasteiger partial charge in [0.15, 0.2) is 0 Å². The van der Waals surface area contributed by atoms with Crippen LogP contribution in [-0.2, 0) is 6.42 Å². The van der Waals surface area contributed by atoms with Gasteiger partial charge >= 0.3 is 0 Å². The Labute approximate surface area is 90.1 Å². The quantitative estimate of drug-likeness (QED) is 0.780. The minimum absolute atomic E-state index is 0.604. The smallest absolute Gasteiger partial charge is 0.110 e. The van der Waals surface area contributed by atoms with Gasteiger partial charge in [0.05, 0.1) is 0 Å². The summed E-state index contributed by atoms with van der Waals surface area (Å²) < 4.78 is 0.903. The number of H-pyrrole nitrogens is 2. The topological polar surface area (TPSA) is 70.5 Å². The second kappa shape index (κ2) is 3.98. The molecule has 0 atom stereocenters. The van der Waals surface area contributed by atoms with Crippen LogP contribution in [0, 0.1) is 0 Å². The summed E-state index contributed by atoms with van der Waals surface area (Å²) in [6.45, 7) is 0.604. The van der Waals surface area contributed by atoms with Crippen LogP contribution in [0.4, 0.5) is 0 Å². The zero-order chi connectivity index (χ0) is 9.97. The van der Waals surface area contributed by atoms with E-state index < -0.39 is 0 Å². The largest absolute Gasteiger partial charge is 0.367 e. The van der Waals surface area contributed by atoms with Gasteiger partial charge in [-0.25, -0.2) is 4.98 Å². The standard InChI is InChI=1S/C9H11BrN4/c10-9-8(6-2-4-12-5-6)13-7(14-9)1-3-11/h2,4-5,12H,1,3,11H2,(H,13,14). The predicted molar refractivity (Wildman–Crippen MR) is 58.8 cm³/mol. The molecule has 0 saturated carbocycles. The first-order chi connectivity index (χ1) is 6.81. The van der Waals surface area contributed by atoms with Crippen LogP contribution in [0.2, 0.25) is 0 Å². The van der Waals surface area contributed by atoms with E-state index in [1.807, 2.05) is 18.5 Å². The molecule has 2 heterocycles. The Bertz CT molecular complexity index is 404. The summed E-state index contributed by atoms with van der Waals surface area (Å²) in [6, 6.07) is 1.98. The Hall–Kier alpha value is -1.07. The lowest BCUT2D eigenvalue weighted by Gasteiger charge is -1.89. The average Bonchev–Trinajstić information content (AvgIpc) is 2.74. The molecule has 0 aliphatic rings. The van der Waals surface area contributed by atoms with Crippen LogP contribution in [0.5, 0.6) is 0 Å². The predicted octanol–water partition coefficient (Wildman–Crippen LogP) is 1.67. The van der Waals surface area contributed by atoms with Gasteiger partial charge < -0.3 is 15.7 Å². The van der Waals surface area contributed by atoms with Crippen molar-refractivity contribution in [2.75, 3.05) is 6.54 Å². The normalized spacial score (nSPS) is 10.7. The lowest BCUT2D eigenvalue weighted by Crippen LogP contribution is -2.03. The van der Waals surface area contributed by atoms with Crippen LogP contribution in [0.15, 0.2) is 23.1 Å². The molecule has 0 amide bonds. The Morgan fingerprint density at radius 2 is 2.36 bits per heavy atom. The number of aromatic amines is 2. The second-order valence-electron chi connectivity index (χ2n) is 2.98. The highest BCUT2D eigenvalue weighted by Crippen LogP contribution is 2.25. The summed E-state index contributed by atoms with van der Waals surface area (Å²) in [4.78, 5) is 10.6. The summed E-state index contributed by atoms with van der Waals surface area (Å²) >= 11 is 3.44. The third kappa shape index (κ3) is 1.73. The van der Waals surface area contributed by atoms with Crippen LogP contribution in [0.1, 0.15) is 5.82 Å². The first-order valence-corrected chi connectivity index (χ1v) is 5.18. The summed E-state index contributed by atoms with van der Waals surface area (Å²) in [5.41, 5.74) is 7.45. The molecule has 0 aliphatic carbocycles. The van der Waals surface area contributed by atoms with Crippen molar-refractivity contribution in [3.63, 3.8) is 0 Å². The van der Waals surface area contributed by atoms with Gasteiger partial charge in [-0.2, -0.15) is 0 Å². The molecule has 0 aliphatic heterocycles. The zero-order valence-corrected chi connectivity index (χ0v) is 9.13. The molecular weight excluding hydrogens is 244 g/mol. The van der Waals surface area contributed by atoms with Crippen molar-refractivity contribution >= 4 is 15.9 Å². The molecule has 0 unspecified atom stereocenters. The lowest BCUT2D eigenvalue weighted by atomic mass is 10.3. The molecule has 0 fully saturated rings. The Morgan fingerprint density at radius 1 is 1.50 bits per heavy atom. The molecule has 0 bridgehead atoms. The molecule has 0 spiro atoms. The first kappa shape index (κ1) is 9.48. The number of aromatic nitrogens is 3. The number of nitrogens with zero attached hydrogens (tertiary/aromatic N) is 1. The van der Waals surface area contributed by atoms with E-state index in [2.05, 4.69) is 30.9 Å². The van der Waals surface area contributed by atoms with E-state index in [4.69, 9.17) is 5.73 Å². The molecule has 4 nitrogen and oxygen atoms in total. The molecule has 0 radical (unpaired) electrons. The first-order valence-electron chi connectivity index (χ1n) is 4.39. The van der Waals surface area contributed by atoms with E-state index in [0.717, 1.165) is 28.1 Å². The van der Waals surface area contributed by atoms with Crippen LogP contribution in [0.3, 0.4) is 0 Å². The lowest BCUT2D eigenvalue weighted by molar-refractivity contribution is 0.893. The summed E-state index contributed by atoms with van der Waals surface area (Å²) in [7, 11) is 0. The molecule has 2 aromatic rings. The van der Waals surface area contributed by atoms with Gasteiger partial charge in [0.1, 0.15) is 16.1 Å². The fourth-order valence-electron chi connectivity index (χ4n) is 1.32. The number of nitrogens with two attached hydrogens (primary N) is 1. The maximum atomic E-state index is 5.46. The average molecular weight is 255 g/mol. The van der Waals surface area contributed by atoms with E-state index in [0.29, 0.717) is 6.54 Å². The van der Waals surface area contributed by atoms with E-state index >= 15 is 0 Å². The number of nitrogens with one attached hydrogen (secondary N) is 2. The van der Waals surface area contributed by atoms with E-state index in [1.165, 1.54) is 0 Å². The number of imidazole rings is 1. The fourth-order valence-corrected chi connectivity index (χ4v) is 1.86. The molecule has 0 saturated heterocycles. The molecular formula is C9H11BrN4. The van der Waals surface area contributed by atoms with Crippen molar-refractivity contribution < 1.29 is 0 Å². The van der Waals surface area contributed by atoms with Gasteiger partial charge in [-0.3, -0.25) is 0 Å². The molecule has 4 N–H and O–H groups in total. The van der Waals surface area contributed by atoms with Crippen molar-refractivity contribution in [3.8, 4) is 11.3 Å². The zero-order valence-electron chi connectivity index (χ0n) is 7.55. The molecule has 2 rings (SSSR count). The minimum Gasteiger partial charge on any atom is -0.367 e. The highest BCUT2D eigenvalue weighted by molar-refractivity contribution is 9.10. The van der Waals surface area contributed by atoms with Gasteiger partial charge in [-0.15, -0.1) is 0 Å². The Kier molecular flexibility index (Phi) is 2.69. The minimum atomic E-state index is 0.604. The van der Waals surface area contributed by atoms with Gasteiger partial charge in [0.25, 0.3) is 0 Å². The number of hydrogen-bond acceptors (Lipinski definition) is 2. The third-order valence-corrected chi connectivity index (χ3v) is 2.54. The van der Waals surface area contributed by atoms with Crippen molar-refractivity contribution in [3.05, 3.63) is 28.9 Å². The summed E-state index contributed by atoms with van der Waals surface area (Å²) in [5, 5.41) is 0. The SMILES string of the molecule is NCCc1nc(-c2cc[nH]c2)c(Br)[nH]1. The van der Waals surface area contributed by atoms with Crippen molar-refractivity contribution in [2.45, 2.75) is 6.42 Å². The van der Waals surface area contributed by atoms with Crippen molar-refractivity contribution in [2.24, 2.45) is 5.73 Å². The maximum Gasteiger partial charge on any atom is 0.110 e. The van der Waals surface area contributed by atoms with Crippen LogP contribution in [-0.4, -0.2) is 21.5 Å².